The Morgan fingerprint density at radius 3 is 2.89 bits per heavy atom. The number of carbonyl (C=O) groups is 1. The van der Waals surface area contributed by atoms with Crippen LogP contribution in [0, 0.1) is 0 Å². The molecule has 0 aliphatic rings. The minimum absolute atomic E-state index is 0.406. The van der Waals surface area contributed by atoms with Crippen LogP contribution in [0.4, 0.5) is 0 Å². The smallest absolute Gasteiger partial charge is 0.356 e. The zero-order valence-corrected chi connectivity index (χ0v) is 11.2. The van der Waals surface area contributed by atoms with Gasteiger partial charge in [-0.3, -0.25) is 4.68 Å². The number of nitrogens with zero attached hydrogens (tertiary/aromatic N) is 2. The Balaban J connectivity index is 2.47. The zero-order valence-electron chi connectivity index (χ0n) is 11.2. The van der Waals surface area contributed by atoms with E-state index in [9.17, 15) is 4.79 Å². The van der Waals surface area contributed by atoms with Crippen molar-refractivity contribution in [2.24, 2.45) is 7.05 Å². The lowest BCUT2D eigenvalue weighted by Crippen LogP contribution is -2.09. The van der Waals surface area contributed by atoms with Crippen molar-refractivity contribution in [1.29, 1.82) is 0 Å². The number of aryl methyl sites for hydroxylation is 1. The molecule has 19 heavy (non-hydrogen) atoms. The maximum absolute atomic E-state index is 11.8. The molecule has 5 nitrogen and oxygen atoms in total. The third-order valence-corrected chi connectivity index (χ3v) is 2.77. The Bertz CT molecular complexity index is 590. The fraction of sp³-hybridized carbons (Fsp3) is 0.286. The molecule has 0 saturated heterocycles. The van der Waals surface area contributed by atoms with Gasteiger partial charge >= 0.3 is 5.97 Å². The van der Waals surface area contributed by atoms with Gasteiger partial charge in [-0.1, -0.05) is 12.1 Å². The molecule has 0 unspecified atom stereocenters. The fourth-order valence-electron chi connectivity index (χ4n) is 1.91. The maximum atomic E-state index is 11.8. The number of benzene rings is 1. The van der Waals surface area contributed by atoms with Crippen LogP contribution >= 0.6 is 0 Å². The number of methoxy groups -OCH3 is 1. The van der Waals surface area contributed by atoms with E-state index in [-0.39, 0.29) is 0 Å². The highest BCUT2D eigenvalue weighted by atomic mass is 16.5. The molecule has 0 aliphatic heterocycles. The van der Waals surface area contributed by atoms with Gasteiger partial charge in [0, 0.05) is 12.6 Å². The van der Waals surface area contributed by atoms with E-state index in [1.807, 2.05) is 31.2 Å². The molecule has 1 aromatic heterocycles. The number of aromatic nitrogens is 2. The highest BCUT2D eigenvalue weighted by Gasteiger charge is 2.18. The highest BCUT2D eigenvalue weighted by molar-refractivity contribution is 5.95. The molecule has 5 heteroatoms. The molecule has 0 fully saturated rings. The van der Waals surface area contributed by atoms with Gasteiger partial charge in [0.25, 0.3) is 0 Å². The molecule has 0 saturated carbocycles. The van der Waals surface area contributed by atoms with Crippen LogP contribution < -0.4 is 4.74 Å². The summed E-state index contributed by atoms with van der Waals surface area (Å²) < 4.78 is 11.8. The van der Waals surface area contributed by atoms with Crippen molar-refractivity contribution in [1.82, 2.24) is 9.78 Å². The molecule has 1 aromatic carbocycles. The van der Waals surface area contributed by atoms with Gasteiger partial charge in [0.2, 0.25) is 0 Å². The number of hydrogen-bond acceptors (Lipinski definition) is 4. The number of ether oxygens (including phenoxy) is 2. The summed E-state index contributed by atoms with van der Waals surface area (Å²) in [5, 5.41) is 4.11. The van der Waals surface area contributed by atoms with E-state index >= 15 is 0 Å². The van der Waals surface area contributed by atoms with Crippen LogP contribution in [0.2, 0.25) is 0 Å². The summed E-state index contributed by atoms with van der Waals surface area (Å²) in [6, 6.07) is 7.55. The zero-order chi connectivity index (χ0) is 13.8. The van der Waals surface area contributed by atoms with Gasteiger partial charge in [-0.05, 0) is 24.6 Å². The quantitative estimate of drug-likeness (QED) is 0.791. The van der Waals surface area contributed by atoms with Gasteiger partial charge < -0.3 is 9.47 Å². The molecule has 2 rings (SSSR count). The Labute approximate surface area is 111 Å². The van der Waals surface area contributed by atoms with Gasteiger partial charge in [-0.25, -0.2) is 4.79 Å². The van der Waals surface area contributed by atoms with Gasteiger partial charge in [-0.15, -0.1) is 0 Å². The lowest BCUT2D eigenvalue weighted by atomic mass is 10.1. The fourth-order valence-corrected chi connectivity index (χ4v) is 1.91. The first-order valence-electron chi connectivity index (χ1n) is 6.01. The molecule has 0 N–H and O–H groups in total. The topological polar surface area (TPSA) is 53.4 Å². The van der Waals surface area contributed by atoms with Crippen molar-refractivity contribution < 1.29 is 14.3 Å². The predicted octanol–water partition coefficient (Wildman–Crippen LogP) is 2.27. The Kier molecular flexibility index (Phi) is 3.85. The summed E-state index contributed by atoms with van der Waals surface area (Å²) in [5.41, 5.74) is 2.03. The van der Waals surface area contributed by atoms with Gasteiger partial charge in [0.15, 0.2) is 5.69 Å². The summed E-state index contributed by atoms with van der Waals surface area (Å²) >= 11 is 0. The average molecular weight is 260 g/mol. The standard InChI is InChI=1S/C14H16N2O3/c1-4-19-11-7-5-6-10(8-11)12-9-15-16(2)13(12)14(17)18-3/h5-9H,4H2,1-3H3. The second-order valence-corrected chi connectivity index (χ2v) is 3.98. The number of hydrogen-bond donors (Lipinski definition) is 0. The van der Waals surface area contributed by atoms with E-state index in [1.54, 1.807) is 13.2 Å². The van der Waals surface area contributed by atoms with Crippen molar-refractivity contribution in [2.75, 3.05) is 13.7 Å². The molecule has 0 aliphatic carbocycles. The molecule has 0 atom stereocenters. The first-order chi connectivity index (χ1) is 9.17. The lowest BCUT2D eigenvalue weighted by Gasteiger charge is -2.07. The van der Waals surface area contributed by atoms with Crippen LogP contribution in [-0.2, 0) is 11.8 Å². The number of esters is 1. The van der Waals surface area contributed by atoms with Gasteiger partial charge in [0.05, 0.1) is 19.9 Å². The van der Waals surface area contributed by atoms with Crippen molar-refractivity contribution in [2.45, 2.75) is 6.92 Å². The van der Waals surface area contributed by atoms with E-state index in [0.29, 0.717) is 12.3 Å². The van der Waals surface area contributed by atoms with Crippen LogP contribution in [0.25, 0.3) is 11.1 Å². The third kappa shape index (κ3) is 2.59. The normalized spacial score (nSPS) is 10.3. The maximum Gasteiger partial charge on any atom is 0.356 e. The molecule has 0 bridgehead atoms. The summed E-state index contributed by atoms with van der Waals surface area (Å²) in [4.78, 5) is 11.8. The summed E-state index contributed by atoms with van der Waals surface area (Å²) in [6.07, 6.45) is 1.65. The van der Waals surface area contributed by atoms with Crippen LogP contribution in [-0.4, -0.2) is 29.5 Å². The van der Waals surface area contributed by atoms with Crippen LogP contribution in [0.5, 0.6) is 5.75 Å². The van der Waals surface area contributed by atoms with Crippen LogP contribution in [0.1, 0.15) is 17.4 Å². The molecule has 0 radical (unpaired) electrons. The molecule has 1 heterocycles. The van der Waals surface area contributed by atoms with Crippen molar-refractivity contribution >= 4 is 5.97 Å². The first-order valence-corrected chi connectivity index (χ1v) is 6.01. The molecule has 0 spiro atoms. The second kappa shape index (κ2) is 5.56. The predicted molar refractivity (Wildman–Crippen MR) is 71.2 cm³/mol. The molecule has 100 valence electrons. The summed E-state index contributed by atoms with van der Waals surface area (Å²) in [5.74, 6) is 0.358. The van der Waals surface area contributed by atoms with Crippen LogP contribution in [0.15, 0.2) is 30.5 Å². The first kappa shape index (κ1) is 13.1. The van der Waals surface area contributed by atoms with E-state index < -0.39 is 5.97 Å². The number of rotatable bonds is 4. The van der Waals surface area contributed by atoms with Crippen molar-refractivity contribution in [3.63, 3.8) is 0 Å². The van der Waals surface area contributed by atoms with E-state index in [2.05, 4.69) is 5.10 Å². The second-order valence-electron chi connectivity index (χ2n) is 3.98. The van der Waals surface area contributed by atoms with Gasteiger partial charge in [-0.2, -0.15) is 5.10 Å². The van der Waals surface area contributed by atoms with Crippen molar-refractivity contribution in [3.05, 3.63) is 36.2 Å². The van der Waals surface area contributed by atoms with E-state index in [1.165, 1.54) is 11.8 Å². The molecule has 0 amide bonds. The Hall–Kier alpha value is -2.30. The van der Waals surface area contributed by atoms with E-state index in [4.69, 9.17) is 9.47 Å². The Morgan fingerprint density at radius 2 is 2.21 bits per heavy atom. The highest BCUT2D eigenvalue weighted by Crippen LogP contribution is 2.27. The molecular weight excluding hydrogens is 244 g/mol. The third-order valence-electron chi connectivity index (χ3n) is 2.77. The Morgan fingerprint density at radius 1 is 1.42 bits per heavy atom. The molecule has 2 aromatic rings. The summed E-state index contributed by atoms with van der Waals surface area (Å²) in [6.45, 7) is 2.52. The lowest BCUT2D eigenvalue weighted by molar-refractivity contribution is 0.0589. The van der Waals surface area contributed by atoms with E-state index in [0.717, 1.165) is 16.9 Å². The van der Waals surface area contributed by atoms with Gasteiger partial charge in [0.1, 0.15) is 5.75 Å². The monoisotopic (exact) mass is 260 g/mol. The van der Waals surface area contributed by atoms with Crippen molar-refractivity contribution in [3.8, 4) is 16.9 Å². The minimum Gasteiger partial charge on any atom is -0.494 e. The van der Waals surface area contributed by atoms with Crippen LogP contribution in [0.3, 0.4) is 0 Å². The average Bonchev–Trinajstić information content (AvgIpc) is 2.80. The minimum atomic E-state index is -0.406. The molecular formula is C14H16N2O3. The largest absolute Gasteiger partial charge is 0.494 e. The SMILES string of the molecule is CCOc1cccc(-c2cnn(C)c2C(=O)OC)c1. The summed E-state index contributed by atoms with van der Waals surface area (Å²) in [7, 11) is 3.07. The number of carbonyl (C=O) groups excluding carboxylic acids is 1.